The highest BCUT2D eigenvalue weighted by molar-refractivity contribution is 8.76. The van der Waals surface area contributed by atoms with Gasteiger partial charge in [-0.15, -0.1) is 20.4 Å². The van der Waals surface area contributed by atoms with E-state index in [1.54, 1.807) is 49.9 Å². The monoisotopic (exact) mass is 1220 g/mol. The number of hydrogen-bond acceptors (Lipinski definition) is 18. The van der Waals surface area contributed by atoms with Crippen LogP contribution in [-0.2, 0) is 53.8 Å². The van der Waals surface area contributed by atoms with Crippen LogP contribution in [0.3, 0.4) is 0 Å². The molecule has 9 unspecified atom stereocenters. The largest absolute Gasteiger partial charge is 0.386 e. The highest BCUT2D eigenvalue weighted by atomic mass is 33.1. The Hall–Kier alpha value is -5.67. The molecular formula is C55H85N12O13PS2. The summed E-state index contributed by atoms with van der Waals surface area (Å²) >= 11 is 0. The van der Waals surface area contributed by atoms with Crippen LogP contribution < -0.4 is 21.3 Å². The summed E-state index contributed by atoms with van der Waals surface area (Å²) in [5.41, 5.74) is 1.25. The maximum absolute atomic E-state index is 14.7. The molecule has 0 aliphatic carbocycles. The van der Waals surface area contributed by atoms with Crippen molar-refractivity contribution in [2.75, 3.05) is 58.2 Å². The number of ether oxygens (including phenoxy) is 2. The van der Waals surface area contributed by atoms with Crippen molar-refractivity contribution in [1.29, 1.82) is 0 Å². The van der Waals surface area contributed by atoms with Crippen LogP contribution in [0.2, 0.25) is 0 Å². The molecule has 83 heavy (non-hydrogen) atoms. The Morgan fingerprint density at radius 1 is 0.819 bits per heavy atom. The molecule has 1 aliphatic rings. The molecule has 10 atom stereocenters. The number of benzene rings is 1. The van der Waals surface area contributed by atoms with Gasteiger partial charge in [0, 0.05) is 59.2 Å². The second-order valence-corrected chi connectivity index (χ2v) is 25.9. The van der Waals surface area contributed by atoms with Crippen molar-refractivity contribution in [2.24, 2.45) is 23.7 Å². The Balaban J connectivity index is 1.26. The average molecular weight is 1220 g/mol. The number of nitrogens with one attached hydrogen (secondary N) is 4. The number of nitrogens with zero attached hydrogens (tertiary/aromatic N) is 8. The SMILES string of the molecule is CCC(C)C(C(CC(=O)N1CCC[C@H]1C(OC)C(C)C(=O)NC(C)C(O)c1ccccc1)OC)N(C)C(=O)C(NC(=O)C(C(C)C)N(C)C(=O)CCSSCCC(=O)NCC(=O)Nc1ccc(-c2nnc(CP(=O)(O)O)nn2)nc1)C(C)C. The van der Waals surface area contributed by atoms with E-state index in [1.165, 1.54) is 59.0 Å². The second-order valence-electron chi connectivity index (χ2n) is 21.5. The van der Waals surface area contributed by atoms with Gasteiger partial charge in [-0.05, 0) is 55.2 Å². The van der Waals surface area contributed by atoms with Gasteiger partial charge in [0.15, 0.2) is 5.82 Å². The number of likely N-dealkylation sites (tertiary alicyclic amines) is 1. The van der Waals surface area contributed by atoms with Gasteiger partial charge in [-0.3, -0.25) is 43.1 Å². The molecule has 0 bridgehead atoms. The van der Waals surface area contributed by atoms with E-state index in [9.17, 15) is 43.2 Å². The minimum Gasteiger partial charge on any atom is -0.386 e. The predicted octanol–water partition coefficient (Wildman–Crippen LogP) is 4.01. The Labute approximate surface area is 494 Å². The van der Waals surface area contributed by atoms with Gasteiger partial charge in [0.25, 0.3) is 0 Å². The summed E-state index contributed by atoms with van der Waals surface area (Å²) in [6, 6.07) is 8.60. The van der Waals surface area contributed by atoms with Crippen molar-refractivity contribution < 1.29 is 62.5 Å². The van der Waals surface area contributed by atoms with Crippen LogP contribution in [0.1, 0.15) is 111 Å². The minimum absolute atomic E-state index is 0.00446. The molecule has 0 radical (unpaired) electrons. The number of hydrogen-bond donors (Lipinski definition) is 7. The van der Waals surface area contributed by atoms with Crippen LogP contribution in [0.4, 0.5) is 5.69 Å². The molecule has 4 rings (SSSR count). The van der Waals surface area contributed by atoms with E-state index in [0.29, 0.717) is 48.6 Å². The topological polar surface area (TPSA) is 338 Å². The summed E-state index contributed by atoms with van der Waals surface area (Å²) in [5, 5.41) is 36.9. The molecule has 3 aromatic rings. The van der Waals surface area contributed by atoms with E-state index < -0.39 is 80.0 Å². The Morgan fingerprint density at radius 3 is 2.04 bits per heavy atom. The number of aliphatic hydroxyl groups excluding tert-OH is 1. The first-order valence-corrected chi connectivity index (χ1v) is 32.1. The predicted molar refractivity (Wildman–Crippen MR) is 316 cm³/mol. The average Bonchev–Trinajstić information content (AvgIpc) is 4.22. The molecule has 1 aliphatic heterocycles. The van der Waals surface area contributed by atoms with Crippen LogP contribution in [-0.4, -0.2) is 192 Å². The molecule has 460 valence electrons. The van der Waals surface area contributed by atoms with E-state index >= 15 is 0 Å². The first-order chi connectivity index (χ1) is 39.2. The lowest BCUT2D eigenvalue weighted by atomic mass is 9.89. The maximum atomic E-state index is 14.7. The van der Waals surface area contributed by atoms with E-state index in [-0.39, 0.29) is 90.4 Å². The number of anilines is 1. The van der Waals surface area contributed by atoms with Gasteiger partial charge in [-0.2, -0.15) is 0 Å². The minimum atomic E-state index is -4.39. The van der Waals surface area contributed by atoms with Crippen LogP contribution in [0.25, 0.3) is 11.5 Å². The molecule has 7 N–H and O–H groups in total. The zero-order valence-corrected chi connectivity index (χ0v) is 52.1. The fraction of sp³-hybridized carbons (Fsp3) is 0.636. The van der Waals surface area contributed by atoms with Gasteiger partial charge < -0.3 is 60.3 Å². The lowest BCUT2D eigenvalue weighted by Crippen LogP contribution is -2.60. The Bertz CT molecular complexity index is 2640. The zero-order chi connectivity index (χ0) is 61.7. The van der Waals surface area contributed by atoms with Crippen molar-refractivity contribution in [3.05, 3.63) is 60.0 Å². The van der Waals surface area contributed by atoms with Gasteiger partial charge in [0.2, 0.25) is 47.2 Å². The highest BCUT2D eigenvalue weighted by Crippen LogP contribution is 2.38. The molecule has 3 heterocycles. The fourth-order valence-corrected chi connectivity index (χ4v) is 12.4. The summed E-state index contributed by atoms with van der Waals surface area (Å²) in [4.78, 5) is 123. The molecule has 28 heteroatoms. The smallest absolute Gasteiger partial charge is 0.333 e. The number of carbonyl (C=O) groups excluding carboxylic acids is 7. The van der Waals surface area contributed by atoms with Crippen LogP contribution in [0.15, 0.2) is 48.7 Å². The van der Waals surface area contributed by atoms with E-state index in [1.807, 2.05) is 59.7 Å². The van der Waals surface area contributed by atoms with Crippen LogP contribution >= 0.6 is 29.2 Å². The lowest BCUT2D eigenvalue weighted by Gasteiger charge is -2.41. The molecule has 0 saturated carbocycles. The van der Waals surface area contributed by atoms with Gasteiger partial charge in [0.05, 0.1) is 67.2 Å². The van der Waals surface area contributed by atoms with Gasteiger partial charge in [0.1, 0.15) is 23.9 Å². The van der Waals surface area contributed by atoms with Crippen molar-refractivity contribution in [2.45, 2.75) is 149 Å². The zero-order valence-electron chi connectivity index (χ0n) is 49.6. The summed E-state index contributed by atoms with van der Waals surface area (Å²) in [6.45, 7) is 14.9. The normalized spacial score (nSPS) is 16.8. The van der Waals surface area contributed by atoms with E-state index in [2.05, 4.69) is 46.6 Å². The summed E-state index contributed by atoms with van der Waals surface area (Å²) < 4.78 is 23.2. The Kier molecular flexibility index (Phi) is 28.4. The quantitative estimate of drug-likeness (QED) is 0.0257. The third-order valence-corrected chi connectivity index (χ3v) is 17.8. The van der Waals surface area contributed by atoms with Crippen molar-refractivity contribution in [1.82, 2.24) is 56.0 Å². The number of methoxy groups -OCH3 is 2. The summed E-state index contributed by atoms with van der Waals surface area (Å²) in [6.07, 6.45) is 0.406. The van der Waals surface area contributed by atoms with Crippen LogP contribution in [0, 0.1) is 23.7 Å². The third-order valence-electron chi connectivity index (χ3n) is 14.7. The molecule has 0 spiro atoms. The molecule has 1 fully saturated rings. The fourth-order valence-electron chi connectivity index (χ4n) is 9.96. The number of aromatic nitrogens is 5. The molecule has 1 aromatic carbocycles. The first-order valence-electron chi connectivity index (χ1n) is 27.8. The summed E-state index contributed by atoms with van der Waals surface area (Å²) in [5.74, 6) is -3.47. The van der Waals surface area contributed by atoms with Crippen molar-refractivity contribution in [3.63, 3.8) is 0 Å². The molecular weight excluding hydrogens is 1130 g/mol. The summed E-state index contributed by atoms with van der Waals surface area (Å²) in [7, 11) is 4.64. The van der Waals surface area contributed by atoms with E-state index in [4.69, 9.17) is 19.3 Å². The first kappa shape index (κ1) is 69.8. The lowest BCUT2D eigenvalue weighted by molar-refractivity contribution is -0.148. The molecule has 7 amide bonds. The molecule has 1 saturated heterocycles. The van der Waals surface area contributed by atoms with Crippen molar-refractivity contribution >= 4 is 76.2 Å². The molecule has 25 nitrogen and oxygen atoms in total. The second kappa shape index (κ2) is 33.7. The van der Waals surface area contributed by atoms with E-state index in [0.717, 1.165) is 0 Å². The number of likely N-dealkylation sites (N-methyl/N-ethyl adjacent to an activating group) is 2. The highest BCUT2D eigenvalue weighted by Gasteiger charge is 2.44. The van der Waals surface area contributed by atoms with Crippen LogP contribution in [0.5, 0.6) is 0 Å². The van der Waals surface area contributed by atoms with Gasteiger partial charge in [-0.25, -0.2) is 0 Å². The maximum Gasteiger partial charge on any atom is 0.333 e. The number of aliphatic hydroxyl groups is 1. The molecule has 2 aromatic heterocycles. The Morgan fingerprint density at radius 2 is 1.47 bits per heavy atom. The standard InChI is InChI=1S/C55H85N12O13PS2/c1-13-34(6)49(41(79-11)28-46(71)67-25-17-20-40(67)51(80-12)35(7)53(73)58-36(8)50(72)37-18-15-14-16-19-37)66(10)55(75)47(32(2)3)60-54(74)48(33(4)5)65(9)45(70)24-27-83-82-26-23-43(68)57-30-44(69)59-38-21-22-39(56-29-38)52-63-61-42(62-64-52)31-81(76,77)78/h14-16,18-19,21-22,29,32-36,40-41,47-51,72H,13,17,20,23-28,30-31H2,1-12H3,(H,57,68)(H,58,73)(H,59,69)(H,60,74)(H2,76,77,78)/t34?,35?,36?,40-,41?,47?,48?,49?,50?,51?/m0/s1. The third kappa shape index (κ3) is 21.1. The number of pyridine rings is 1. The number of amides is 7. The van der Waals surface area contributed by atoms with Gasteiger partial charge in [-0.1, -0.05) is 107 Å². The number of carbonyl (C=O) groups is 7. The van der Waals surface area contributed by atoms with Crippen molar-refractivity contribution in [3.8, 4) is 11.5 Å². The van der Waals surface area contributed by atoms with Gasteiger partial charge >= 0.3 is 7.60 Å². The number of rotatable bonds is 33.